The molecule has 1 saturated heterocycles. The minimum Gasteiger partial charge on any atom is -0.381 e. The third-order valence-corrected chi connectivity index (χ3v) is 5.52. The molecule has 0 aromatic carbocycles. The van der Waals surface area contributed by atoms with Crippen molar-refractivity contribution in [2.45, 2.75) is 57.9 Å². The Bertz CT molecular complexity index is 252. The topological polar surface area (TPSA) is 21.3 Å². The van der Waals surface area contributed by atoms with Crippen molar-refractivity contribution in [2.75, 3.05) is 19.8 Å². The quantitative estimate of drug-likeness (QED) is 0.782. The Balaban J connectivity index is 1.52. The molecule has 0 bridgehead atoms. The van der Waals surface area contributed by atoms with Gasteiger partial charge < -0.3 is 10.1 Å². The first-order valence-corrected chi connectivity index (χ1v) is 8.21. The lowest BCUT2D eigenvalue weighted by atomic mass is 9.88. The van der Waals surface area contributed by atoms with Gasteiger partial charge in [-0.1, -0.05) is 13.3 Å². The highest BCUT2D eigenvalue weighted by Crippen LogP contribution is 2.59. The number of nitrogens with one attached hydrogen (secondary N) is 1. The summed E-state index contributed by atoms with van der Waals surface area (Å²) in [5.41, 5.74) is 0. The van der Waals surface area contributed by atoms with E-state index in [9.17, 15) is 0 Å². The first kappa shape index (κ1) is 12.9. The Morgan fingerprint density at radius 2 is 1.83 bits per heavy atom. The molecule has 3 unspecified atom stereocenters. The van der Waals surface area contributed by atoms with Crippen molar-refractivity contribution < 1.29 is 4.74 Å². The van der Waals surface area contributed by atoms with Gasteiger partial charge in [0.05, 0.1) is 0 Å². The van der Waals surface area contributed by atoms with Crippen LogP contribution in [0.1, 0.15) is 51.9 Å². The molecule has 2 saturated carbocycles. The SMILES string of the molecule is CCCNC(CC1CCOCC1)C1C2CCCC21. The van der Waals surface area contributed by atoms with Gasteiger partial charge in [-0.3, -0.25) is 0 Å². The van der Waals surface area contributed by atoms with Crippen LogP contribution in [0.4, 0.5) is 0 Å². The summed E-state index contributed by atoms with van der Waals surface area (Å²) in [5.74, 6) is 4.15. The Morgan fingerprint density at radius 3 is 2.50 bits per heavy atom. The van der Waals surface area contributed by atoms with Crippen LogP contribution in [0.15, 0.2) is 0 Å². The Hall–Kier alpha value is -0.0800. The van der Waals surface area contributed by atoms with Crippen LogP contribution in [0.5, 0.6) is 0 Å². The highest BCUT2D eigenvalue weighted by molar-refractivity contribution is 5.06. The van der Waals surface area contributed by atoms with Crippen molar-refractivity contribution in [3.8, 4) is 0 Å². The zero-order valence-electron chi connectivity index (χ0n) is 11.9. The van der Waals surface area contributed by atoms with Gasteiger partial charge in [0.15, 0.2) is 0 Å². The molecular formula is C16H29NO. The maximum Gasteiger partial charge on any atom is 0.0468 e. The molecule has 2 nitrogen and oxygen atoms in total. The predicted molar refractivity (Wildman–Crippen MR) is 74.6 cm³/mol. The largest absolute Gasteiger partial charge is 0.381 e. The molecular weight excluding hydrogens is 222 g/mol. The molecule has 3 fully saturated rings. The van der Waals surface area contributed by atoms with Crippen molar-refractivity contribution >= 4 is 0 Å². The summed E-state index contributed by atoms with van der Waals surface area (Å²) in [7, 11) is 0. The summed E-state index contributed by atoms with van der Waals surface area (Å²) < 4.78 is 5.49. The maximum absolute atomic E-state index is 5.49. The molecule has 1 aliphatic heterocycles. The van der Waals surface area contributed by atoms with E-state index in [4.69, 9.17) is 4.74 Å². The Morgan fingerprint density at radius 1 is 1.11 bits per heavy atom. The van der Waals surface area contributed by atoms with E-state index < -0.39 is 0 Å². The molecule has 0 aromatic heterocycles. The van der Waals surface area contributed by atoms with Gasteiger partial charge in [-0.05, 0) is 68.7 Å². The van der Waals surface area contributed by atoms with Crippen LogP contribution in [0.3, 0.4) is 0 Å². The van der Waals surface area contributed by atoms with Crippen molar-refractivity contribution in [3.63, 3.8) is 0 Å². The normalized spacial score (nSPS) is 37.5. The fourth-order valence-corrected chi connectivity index (χ4v) is 4.52. The standard InChI is InChI=1S/C16H29NO/c1-2-8-17-15(11-12-6-9-18-10-7-12)16-13-4-3-5-14(13)16/h12-17H,2-11H2,1H3. The van der Waals surface area contributed by atoms with Crippen LogP contribution in [-0.4, -0.2) is 25.8 Å². The molecule has 104 valence electrons. The molecule has 3 aliphatic rings. The predicted octanol–water partition coefficient (Wildman–Crippen LogP) is 3.22. The van der Waals surface area contributed by atoms with Crippen LogP contribution >= 0.6 is 0 Å². The van der Waals surface area contributed by atoms with Crippen LogP contribution in [0.25, 0.3) is 0 Å². The third kappa shape index (κ3) is 2.75. The molecule has 3 rings (SSSR count). The summed E-state index contributed by atoms with van der Waals surface area (Å²) in [5, 5.41) is 3.87. The van der Waals surface area contributed by atoms with Crippen molar-refractivity contribution in [3.05, 3.63) is 0 Å². The van der Waals surface area contributed by atoms with E-state index >= 15 is 0 Å². The number of rotatable bonds is 6. The first-order chi connectivity index (χ1) is 8.90. The van der Waals surface area contributed by atoms with Crippen LogP contribution in [-0.2, 0) is 4.74 Å². The average molecular weight is 251 g/mol. The van der Waals surface area contributed by atoms with Gasteiger partial charge in [-0.15, -0.1) is 0 Å². The second kappa shape index (κ2) is 5.92. The first-order valence-electron chi connectivity index (χ1n) is 8.21. The monoisotopic (exact) mass is 251 g/mol. The summed E-state index contributed by atoms with van der Waals surface area (Å²) in [4.78, 5) is 0. The molecule has 3 atom stereocenters. The molecule has 18 heavy (non-hydrogen) atoms. The van der Waals surface area contributed by atoms with Gasteiger partial charge in [0.25, 0.3) is 0 Å². The number of hydrogen-bond donors (Lipinski definition) is 1. The van der Waals surface area contributed by atoms with Gasteiger partial charge in [0.2, 0.25) is 0 Å². The average Bonchev–Trinajstić information content (AvgIpc) is 2.88. The molecule has 2 aliphatic carbocycles. The van der Waals surface area contributed by atoms with Crippen molar-refractivity contribution in [1.29, 1.82) is 0 Å². The van der Waals surface area contributed by atoms with E-state index in [0.717, 1.165) is 42.9 Å². The molecule has 1 N–H and O–H groups in total. The van der Waals surface area contributed by atoms with Gasteiger partial charge in [0, 0.05) is 19.3 Å². The number of hydrogen-bond acceptors (Lipinski definition) is 2. The smallest absolute Gasteiger partial charge is 0.0468 e. The summed E-state index contributed by atoms with van der Waals surface area (Å²) in [6.07, 6.45) is 9.83. The van der Waals surface area contributed by atoms with Gasteiger partial charge >= 0.3 is 0 Å². The Kier molecular flexibility index (Phi) is 4.25. The number of fused-ring (bicyclic) bond motifs is 1. The van der Waals surface area contributed by atoms with E-state index in [1.165, 1.54) is 51.5 Å². The molecule has 0 amide bonds. The molecule has 0 aromatic rings. The van der Waals surface area contributed by atoms with Gasteiger partial charge in [-0.2, -0.15) is 0 Å². The highest BCUT2D eigenvalue weighted by Gasteiger charge is 2.55. The van der Waals surface area contributed by atoms with E-state index in [1.807, 2.05) is 0 Å². The zero-order valence-corrected chi connectivity index (χ0v) is 11.9. The second-order valence-electron chi connectivity index (χ2n) is 6.69. The third-order valence-electron chi connectivity index (χ3n) is 5.52. The lowest BCUT2D eigenvalue weighted by molar-refractivity contribution is 0.0591. The fourth-order valence-electron chi connectivity index (χ4n) is 4.52. The van der Waals surface area contributed by atoms with Crippen LogP contribution in [0, 0.1) is 23.7 Å². The lowest BCUT2D eigenvalue weighted by Gasteiger charge is -2.28. The van der Waals surface area contributed by atoms with E-state index in [0.29, 0.717) is 0 Å². The van der Waals surface area contributed by atoms with E-state index in [-0.39, 0.29) is 0 Å². The Labute approximate surface area is 112 Å². The molecule has 0 spiro atoms. The molecule has 2 heteroatoms. The van der Waals surface area contributed by atoms with Crippen LogP contribution in [0.2, 0.25) is 0 Å². The summed E-state index contributed by atoms with van der Waals surface area (Å²) in [6, 6.07) is 0.823. The van der Waals surface area contributed by atoms with Crippen LogP contribution < -0.4 is 5.32 Å². The fraction of sp³-hybridized carbons (Fsp3) is 1.00. The minimum absolute atomic E-state index is 0.823. The maximum atomic E-state index is 5.49. The van der Waals surface area contributed by atoms with Gasteiger partial charge in [0.1, 0.15) is 0 Å². The van der Waals surface area contributed by atoms with E-state index in [2.05, 4.69) is 12.2 Å². The summed E-state index contributed by atoms with van der Waals surface area (Å²) in [6.45, 7) is 5.50. The highest BCUT2D eigenvalue weighted by atomic mass is 16.5. The lowest BCUT2D eigenvalue weighted by Crippen LogP contribution is -2.36. The molecule has 1 heterocycles. The molecule has 0 radical (unpaired) electrons. The van der Waals surface area contributed by atoms with Crippen molar-refractivity contribution in [1.82, 2.24) is 5.32 Å². The second-order valence-corrected chi connectivity index (χ2v) is 6.69. The van der Waals surface area contributed by atoms with E-state index in [1.54, 1.807) is 0 Å². The summed E-state index contributed by atoms with van der Waals surface area (Å²) >= 11 is 0. The van der Waals surface area contributed by atoms with Gasteiger partial charge in [-0.25, -0.2) is 0 Å². The van der Waals surface area contributed by atoms with Crippen molar-refractivity contribution in [2.24, 2.45) is 23.7 Å². The number of ether oxygens (including phenoxy) is 1. The zero-order chi connectivity index (χ0) is 12.4. The minimum atomic E-state index is 0.823.